The first-order valence-electron chi connectivity index (χ1n) is 5.77. The summed E-state index contributed by atoms with van der Waals surface area (Å²) in [7, 11) is 0. The minimum Gasteiger partial charge on any atom is -0.216 e. The molecular weight excluding hydrogens is 394 g/mol. The molecule has 8 heteroatoms. The summed E-state index contributed by atoms with van der Waals surface area (Å²) in [5, 5.41) is 12.7. The third-order valence-electron chi connectivity index (χ3n) is 2.38. The Bertz CT molecular complexity index is 491. The number of benzene rings is 1. The lowest BCUT2D eigenvalue weighted by Gasteiger charge is -2.05. The van der Waals surface area contributed by atoms with Crippen molar-refractivity contribution in [3.63, 3.8) is 0 Å². The minimum atomic E-state index is 0.708. The van der Waals surface area contributed by atoms with Crippen molar-refractivity contribution in [1.82, 2.24) is 23.2 Å². The molecule has 0 atom stereocenters. The fourth-order valence-electron chi connectivity index (χ4n) is 1.50. The van der Waals surface area contributed by atoms with Gasteiger partial charge in [0.15, 0.2) is 0 Å². The van der Waals surface area contributed by atoms with Crippen LogP contribution in [-0.4, -0.2) is 35.5 Å². The molecule has 0 amide bonds. The first-order chi connectivity index (χ1) is 9.25. The van der Waals surface area contributed by atoms with Crippen molar-refractivity contribution in [2.45, 2.75) is 18.1 Å². The highest BCUT2D eigenvalue weighted by Crippen LogP contribution is 2.17. The first kappa shape index (κ1) is 15.0. The zero-order valence-corrected chi connectivity index (χ0v) is 14.1. The summed E-state index contributed by atoms with van der Waals surface area (Å²) in [6.45, 7) is 1.63. The highest BCUT2D eigenvalue weighted by molar-refractivity contribution is 9.21. The van der Waals surface area contributed by atoms with E-state index < -0.39 is 0 Å². The van der Waals surface area contributed by atoms with E-state index in [1.807, 2.05) is 25.8 Å². The third-order valence-corrected chi connectivity index (χ3v) is 4.13. The highest BCUT2D eigenvalue weighted by Gasteiger charge is 2.07. The number of hydrogen-bond donors (Lipinski definition) is 0. The van der Waals surface area contributed by atoms with Crippen LogP contribution >= 0.6 is 44.1 Å². The summed E-state index contributed by atoms with van der Waals surface area (Å²) in [6.07, 6.45) is 1.04. The van der Waals surface area contributed by atoms with E-state index in [-0.39, 0.29) is 0 Å². The molecule has 1 aromatic heterocycles. The van der Waals surface area contributed by atoms with Crippen LogP contribution in [0.4, 0.5) is 0 Å². The van der Waals surface area contributed by atoms with Gasteiger partial charge in [0.1, 0.15) is 0 Å². The molecule has 0 saturated heterocycles. The number of hydrogen-bond acceptors (Lipinski definition) is 5. The molecule has 0 spiro atoms. The third kappa shape index (κ3) is 5.21. The molecule has 0 aliphatic carbocycles. The molecule has 2 rings (SSSR count). The molecule has 0 aliphatic heterocycles. The Morgan fingerprint density at radius 2 is 2.00 bits per heavy atom. The standard InChI is InChI=1S/C11H13Br2N5S/c12-18(13)7-4-8-19-11-14-15-16-17(11)9-10-5-2-1-3-6-10/h1-3,5-6H,4,7-9H2. The van der Waals surface area contributed by atoms with Crippen LogP contribution in [0.3, 0.4) is 0 Å². The second kappa shape index (κ2) is 7.98. The number of thioether (sulfide) groups is 1. The monoisotopic (exact) mass is 405 g/mol. The van der Waals surface area contributed by atoms with Gasteiger partial charge in [-0.25, -0.2) is 4.68 Å². The van der Waals surface area contributed by atoms with Crippen LogP contribution in [0.2, 0.25) is 0 Å². The molecule has 19 heavy (non-hydrogen) atoms. The van der Waals surface area contributed by atoms with E-state index in [1.54, 1.807) is 11.8 Å². The molecule has 102 valence electrons. The first-order valence-corrected chi connectivity index (χ1v) is 8.18. The van der Waals surface area contributed by atoms with Gasteiger partial charge in [0, 0.05) is 44.6 Å². The van der Waals surface area contributed by atoms with E-state index in [1.165, 1.54) is 5.56 Å². The Labute approximate surface area is 133 Å². The Hall–Kier alpha value is -0.440. The van der Waals surface area contributed by atoms with Crippen LogP contribution in [0.25, 0.3) is 0 Å². The van der Waals surface area contributed by atoms with Gasteiger partial charge in [-0.3, -0.25) is 0 Å². The lowest BCUT2D eigenvalue weighted by molar-refractivity contribution is 0.602. The van der Waals surface area contributed by atoms with Gasteiger partial charge >= 0.3 is 0 Å². The number of halogens is 2. The molecule has 0 saturated carbocycles. The molecule has 0 bridgehead atoms. The topological polar surface area (TPSA) is 46.8 Å². The van der Waals surface area contributed by atoms with E-state index in [0.29, 0.717) is 6.54 Å². The number of tetrazole rings is 1. The molecule has 0 unspecified atom stereocenters. The molecule has 0 aliphatic rings. The van der Waals surface area contributed by atoms with Crippen molar-refractivity contribution in [2.24, 2.45) is 0 Å². The smallest absolute Gasteiger partial charge is 0.209 e. The van der Waals surface area contributed by atoms with Crippen molar-refractivity contribution >= 4 is 44.1 Å². The average Bonchev–Trinajstić information content (AvgIpc) is 2.83. The van der Waals surface area contributed by atoms with Crippen LogP contribution < -0.4 is 0 Å². The maximum absolute atomic E-state index is 4.06. The molecular formula is C11H13Br2N5S. The summed E-state index contributed by atoms with van der Waals surface area (Å²) in [6, 6.07) is 10.2. The van der Waals surface area contributed by atoms with E-state index >= 15 is 0 Å². The SMILES string of the molecule is BrN(Br)CCCSc1nnnn1Cc1ccccc1. The molecule has 0 fully saturated rings. The van der Waals surface area contributed by atoms with Crippen molar-refractivity contribution in [1.29, 1.82) is 0 Å². The highest BCUT2D eigenvalue weighted by atomic mass is 79.9. The molecule has 0 radical (unpaired) electrons. The van der Waals surface area contributed by atoms with Crippen LogP contribution in [0.5, 0.6) is 0 Å². The Kier molecular flexibility index (Phi) is 6.29. The van der Waals surface area contributed by atoms with E-state index in [4.69, 9.17) is 0 Å². The van der Waals surface area contributed by atoms with Gasteiger partial charge in [-0.15, -0.1) is 5.10 Å². The average molecular weight is 407 g/mol. The van der Waals surface area contributed by atoms with Crippen LogP contribution in [0.1, 0.15) is 12.0 Å². The van der Waals surface area contributed by atoms with Gasteiger partial charge in [0.2, 0.25) is 5.16 Å². The Morgan fingerprint density at radius 1 is 1.21 bits per heavy atom. The number of aromatic nitrogens is 4. The normalized spacial score (nSPS) is 11.1. The van der Waals surface area contributed by atoms with Crippen molar-refractivity contribution in [3.05, 3.63) is 35.9 Å². The summed E-state index contributed by atoms with van der Waals surface area (Å²) in [4.78, 5) is 0. The largest absolute Gasteiger partial charge is 0.216 e. The summed E-state index contributed by atoms with van der Waals surface area (Å²) >= 11 is 8.29. The Balaban J connectivity index is 1.87. The lowest BCUT2D eigenvalue weighted by Crippen LogP contribution is -2.05. The second-order valence-corrected chi connectivity index (χ2v) is 7.56. The zero-order valence-electron chi connectivity index (χ0n) is 10.1. The van der Waals surface area contributed by atoms with Crippen molar-refractivity contribution < 1.29 is 0 Å². The summed E-state index contributed by atoms with van der Waals surface area (Å²) < 4.78 is 3.65. The van der Waals surface area contributed by atoms with Gasteiger partial charge in [-0.1, -0.05) is 42.1 Å². The minimum absolute atomic E-state index is 0.708. The van der Waals surface area contributed by atoms with Crippen molar-refractivity contribution in [2.75, 3.05) is 12.3 Å². The molecule has 2 aromatic rings. The molecule has 0 N–H and O–H groups in total. The fourth-order valence-corrected chi connectivity index (χ4v) is 2.80. The lowest BCUT2D eigenvalue weighted by atomic mass is 10.2. The Morgan fingerprint density at radius 3 is 2.74 bits per heavy atom. The maximum Gasteiger partial charge on any atom is 0.209 e. The predicted octanol–water partition coefficient (Wildman–Crippen LogP) is 3.13. The van der Waals surface area contributed by atoms with E-state index in [0.717, 1.165) is 23.9 Å². The van der Waals surface area contributed by atoms with E-state index in [2.05, 4.69) is 60.0 Å². The van der Waals surface area contributed by atoms with Crippen molar-refractivity contribution in [3.8, 4) is 0 Å². The zero-order chi connectivity index (χ0) is 13.5. The van der Waals surface area contributed by atoms with E-state index in [9.17, 15) is 0 Å². The van der Waals surface area contributed by atoms with Gasteiger partial charge in [0.05, 0.1) is 6.54 Å². The quantitative estimate of drug-likeness (QED) is 0.401. The molecule has 1 heterocycles. The van der Waals surface area contributed by atoms with Gasteiger partial charge < -0.3 is 0 Å². The van der Waals surface area contributed by atoms with Crippen LogP contribution in [0, 0.1) is 0 Å². The number of nitrogens with zero attached hydrogens (tertiary/aromatic N) is 5. The van der Waals surface area contributed by atoms with Crippen LogP contribution in [0.15, 0.2) is 35.5 Å². The van der Waals surface area contributed by atoms with Gasteiger partial charge in [-0.2, -0.15) is 2.95 Å². The van der Waals surface area contributed by atoms with Gasteiger partial charge in [0.25, 0.3) is 0 Å². The molecule has 1 aromatic carbocycles. The summed E-state index contributed by atoms with van der Waals surface area (Å²) in [5.41, 5.74) is 1.20. The predicted molar refractivity (Wildman–Crippen MR) is 83.3 cm³/mol. The summed E-state index contributed by atoms with van der Waals surface area (Å²) in [5.74, 6) is 0.975. The maximum atomic E-state index is 4.06. The van der Waals surface area contributed by atoms with Gasteiger partial charge in [-0.05, 0) is 22.4 Å². The second-order valence-electron chi connectivity index (χ2n) is 3.83. The van der Waals surface area contributed by atoms with Crippen LogP contribution in [-0.2, 0) is 6.54 Å². The molecule has 5 nitrogen and oxygen atoms in total. The number of rotatable bonds is 7. The fraction of sp³-hybridized carbons (Fsp3) is 0.364.